The second-order valence-electron chi connectivity index (χ2n) is 5.50. The molecule has 2 unspecified atom stereocenters. The number of carbonyl (C=O) groups is 1. The quantitative estimate of drug-likeness (QED) is 0.853. The second kappa shape index (κ2) is 5.12. The van der Waals surface area contributed by atoms with Crippen molar-refractivity contribution in [1.82, 2.24) is 14.7 Å². The molecular formula is C16H19N3O. The molecule has 0 radical (unpaired) electrons. The van der Waals surface area contributed by atoms with Crippen molar-refractivity contribution in [2.45, 2.75) is 18.9 Å². The molecule has 0 spiro atoms. The highest BCUT2D eigenvalue weighted by Crippen LogP contribution is 2.48. The molecule has 4 nitrogen and oxygen atoms in total. The minimum atomic E-state index is 0.149. The zero-order chi connectivity index (χ0) is 14.1. The SMILES string of the molecule is CN(Cc1ccnn1C)C(=O)C1CC1c1ccccc1. The van der Waals surface area contributed by atoms with Gasteiger partial charge >= 0.3 is 0 Å². The topological polar surface area (TPSA) is 38.1 Å². The molecule has 1 fully saturated rings. The van der Waals surface area contributed by atoms with Crippen LogP contribution in [0.15, 0.2) is 42.6 Å². The van der Waals surface area contributed by atoms with E-state index in [2.05, 4.69) is 17.2 Å². The van der Waals surface area contributed by atoms with Gasteiger partial charge in [-0.05, 0) is 24.0 Å². The summed E-state index contributed by atoms with van der Waals surface area (Å²) in [5.41, 5.74) is 2.33. The van der Waals surface area contributed by atoms with Gasteiger partial charge in [-0.3, -0.25) is 9.48 Å². The van der Waals surface area contributed by atoms with Gasteiger partial charge in [0.05, 0.1) is 12.2 Å². The third-order valence-electron chi connectivity index (χ3n) is 4.03. The molecule has 3 rings (SSSR count). The van der Waals surface area contributed by atoms with Crippen molar-refractivity contribution >= 4 is 5.91 Å². The summed E-state index contributed by atoms with van der Waals surface area (Å²) in [7, 11) is 3.77. The Kier molecular flexibility index (Phi) is 3.30. The van der Waals surface area contributed by atoms with Gasteiger partial charge in [0.15, 0.2) is 0 Å². The monoisotopic (exact) mass is 269 g/mol. The number of aromatic nitrogens is 2. The average Bonchev–Trinajstić information content (AvgIpc) is 3.17. The smallest absolute Gasteiger partial charge is 0.226 e. The lowest BCUT2D eigenvalue weighted by molar-refractivity contribution is -0.131. The Morgan fingerprint density at radius 2 is 2.10 bits per heavy atom. The van der Waals surface area contributed by atoms with Crippen molar-refractivity contribution in [3.8, 4) is 0 Å². The van der Waals surface area contributed by atoms with Gasteiger partial charge < -0.3 is 4.90 Å². The molecule has 4 heteroatoms. The van der Waals surface area contributed by atoms with Crippen LogP contribution in [-0.4, -0.2) is 27.6 Å². The Hall–Kier alpha value is -2.10. The Labute approximate surface area is 119 Å². The maximum atomic E-state index is 12.4. The van der Waals surface area contributed by atoms with Crippen LogP contribution in [-0.2, 0) is 18.4 Å². The van der Waals surface area contributed by atoms with Gasteiger partial charge in [-0.15, -0.1) is 0 Å². The normalized spacial score (nSPS) is 20.7. The molecule has 0 saturated heterocycles. The number of benzene rings is 1. The molecule has 0 bridgehead atoms. The number of hydrogen-bond donors (Lipinski definition) is 0. The van der Waals surface area contributed by atoms with Gasteiger partial charge in [0.1, 0.15) is 0 Å². The third kappa shape index (κ3) is 2.46. The standard InChI is InChI=1S/C16H19N3O/c1-18(11-13-8-9-17-19(13)2)16(20)15-10-14(15)12-6-4-3-5-7-12/h3-9,14-15H,10-11H2,1-2H3. The van der Waals surface area contributed by atoms with Gasteiger partial charge in [0.2, 0.25) is 5.91 Å². The third-order valence-corrected chi connectivity index (χ3v) is 4.03. The Balaban J connectivity index is 1.62. The van der Waals surface area contributed by atoms with Crippen LogP contribution in [0.2, 0.25) is 0 Å². The molecule has 1 amide bonds. The summed E-state index contributed by atoms with van der Waals surface area (Å²) in [5.74, 6) is 0.786. The van der Waals surface area contributed by atoms with Crippen LogP contribution < -0.4 is 0 Å². The molecule has 0 aliphatic heterocycles. The van der Waals surface area contributed by atoms with Crippen LogP contribution >= 0.6 is 0 Å². The number of amides is 1. The van der Waals surface area contributed by atoms with Crippen LogP contribution in [0.4, 0.5) is 0 Å². The van der Waals surface area contributed by atoms with E-state index in [9.17, 15) is 4.79 Å². The lowest BCUT2D eigenvalue weighted by Crippen LogP contribution is -2.28. The molecule has 0 N–H and O–H groups in total. The van der Waals surface area contributed by atoms with Crippen molar-refractivity contribution in [3.63, 3.8) is 0 Å². The van der Waals surface area contributed by atoms with Gasteiger partial charge in [0, 0.05) is 26.2 Å². The van der Waals surface area contributed by atoms with E-state index in [1.807, 2.05) is 47.9 Å². The van der Waals surface area contributed by atoms with E-state index >= 15 is 0 Å². The van der Waals surface area contributed by atoms with E-state index in [1.54, 1.807) is 6.20 Å². The molecule has 1 saturated carbocycles. The van der Waals surface area contributed by atoms with Crippen molar-refractivity contribution in [2.24, 2.45) is 13.0 Å². The predicted octanol–water partition coefficient (Wildman–Crippen LogP) is 2.18. The highest BCUT2D eigenvalue weighted by molar-refractivity contribution is 5.82. The summed E-state index contributed by atoms with van der Waals surface area (Å²) in [6.45, 7) is 0.618. The fraction of sp³-hybridized carbons (Fsp3) is 0.375. The summed E-state index contributed by atoms with van der Waals surface area (Å²) in [4.78, 5) is 14.2. The summed E-state index contributed by atoms with van der Waals surface area (Å²) >= 11 is 0. The fourth-order valence-corrected chi connectivity index (χ4v) is 2.70. The fourth-order valence-electron chi connectivity index (χ4n) is 2.70. The number of rotatable bonds is 4. The first-order valence-electron chi connectivity index (χ1n) is 6.93. The number of carbonyl (C=O) groups excluding carboxylic acids is 1. The summed E-state index contributed by atoms with van der Waals surface area (Å²) in [6, 6.07) is 12.3. The van der Waals surface area contributed by atoms with Crippen LogP contribution in [0.25, 0.3) is 0 Å². The van der Waals surface area contributed by atoms with Gasteiger partial charge in [-0.1, -0.05) is 30.3 Å². The van der Waals surface area contributed by atoms with Crippen LogP contribution in [0.3, 0.4) is 0 Å². The molecule has 1 aromatic carbocycles. The average molecular weight is 269 g/mol. The molecule has 1 aromatic heterocycles. The maximum absolute atomic E-state index is 12.4. The van der Waals surface area contributed by atoms with E-state index < -0.39 is 0 Å². The van der Waals surface area contributed by atoms with Crippen molar-refractivity contribution in [2.75, 3.05) is 7.05 Å². The molecular weight excluding hydrogens is 250 g/mol. The van der Waals surface area contributed by atoms with Gasteiger partial charge in [0.25, 0.3) is 0 Å². The minimum Gasteiger partial charge on any atom is -0.340 e. The summed E-state index contributed by atoms with van der Waals surface area (Å²) in [6.07, 6.45) is 2.73. The van der Waals surface area contributed by atoms with Crippen molar-refractivity contribution < 1.29 is 4.79 Å². The van der Waals surface area contributed by atoms with E-state index in [0.29, 0.717) is 12.5 Å². The second-order valence-corrected chi connectivity index (χ2v) is 5.50. The van der Waals surface area contributed by atoms with E-state index in [4.69, 9.17) is 0 Å². The van der Waals surface area contributed by atoms with Gasteiger partial charge in [-0.2, -0.15) is 5.10 Å². The lowest BCUT2D eigenvalue weighted by atomic mass is 10.1. The Morgan fingerprint density at radius 3 is 2.75 bits per heavy atom. The predicted molar refractivity (Wildman–Crippen MR) is 77.0 cm³/mol. The molecule has 2 atom stereocenters. The molecule has 20 heavy (non-hydrogen) atoms. The number of hydrogen-bond acceptors (Lipinski definition) is 2. The van der Waals surface area contributed by atoms with E-state index in [0.717, 1.165) is 12.1 Å². The van der Waals surface area contributed by atoms with Crippen LogP contribution in [0.1, 0.15) is 23.6 Å². The molecule has 1 heterocycles. The Morgan fingerprint density at radius 1 is 1.35 bits per heavy atom. The molecule has 1 aliphatic rings. The van der Waals surface area contributed by atoms with Crippen LogP contribution in [0, 0.1) is 5.92 Å². The number of nitrogens with zero attached hydrogens (tertiary/aromatic N) is 3. The molecule has 104 valence electrons. The molecule has 1 aliphatic carbocycles. The maximum Gasteiger partial charge on any atom is 0.226 e. The zero-order valence-corrected chi connectivity index (χ0v) is 11.9. The zero-order valence-electron chi connectivity index (χ0n) is 11.9. The van der Waals surface area contributed by atoms with Gasteiger partial charge in [-0.25, -0.2) is 0 Å². The van der Waals surface area contributed by atoms with Crippen LogP contribution in [0.5, 0.6) is 0 Å². The highest BCUT2D eigenvalue weighted by Gasteiger charge is 2.45. The van der Waals surface area contributed by atoms with Crippen molar-refractivity contribution in [3.05, 3.63) is 53.9 Å². The first-order valence-corrected chi connectivity index (χ1v) is 6.93. The first kappa shape index (κ1) is 12.9. The van der Waals surface area contributed by atoms with Crippen molar-refractivity contribution in [1.29, 1.82) is 0 Å². The van der Waals surface area contributed by atoms with E-state index in [1.165, 1.54) is 5.56 Å². The largest absolute Gasteiger partial charge is 0.340 e. The minimum absolute atomic E-state index is 0.149. The Bertz CT molecular complexity index is 605. The summed E-state index contributed by atoms with van der Waals surface area (Å²) in [5, 5.41) is 4.13. The first-order chi connectivity index (χ1) is 9.66. The molecule has 2 aromatic rings. The highest BCUT2D eigenvalue weighted by atomic mass is 16.2. The van der Waals surface area contributed by atoms with E-state index in [-0.39, 0.29) is 11.8 Å². The number of aryl methyl sites for hydroxylation is 1. The lowest BCUT2D eigenvalue weighted by Gasteiger charge is -2.17. The summed E-state index contributed by atoms with van der Waals surface area (Å²) < 4.78 is 1.81.